The summed E-state index contributed by atoms with van der Waals surface area (Å²) in [6.07, 6.45) is 5.70. The number of amides is 1. The highest BCUT2D eigenvalue weighted by molar-refractivity contribution is 6.30. The lowest BCUT2D eigenvalue weighted by molar-refractivity contribution is -0.129. The van der Waals surface area contributed by atoms with Gasteiger partial charge in [-0.1, -0.05) is 24.1 Å². The molecule has 1 aromatic carbocycles. The molecule has 3 aliphatic rings. The molecule has 1 heterocycles. The van der Waals surface area contributed by atoms with Gasteiger partial charge in [-0.05, 0) is 61.6 Å². The Hall–Kier alpha value is -0.880. The first-order valence-electron chi connectivity index (χ1n) is 9.65. The normalized spacial score (nSPS) is 35.4. The van der Waals surface area contributed by atoms with E-state index in [1.54, 1.807) is 6.07 Å². The topological polar surface area (TPSA) is 64.4 Å². The fraction of sp³-hybridized carbons (Fsp3) is 0.650. The second-order valence-corrected chi connectivity index (χ2v) is 8.47. The molecule has 4 atom stereocenters. The third-order valence-corrected chi connectivity index (χ3v) is 6.78. The molecule has 4 unspecified atom stereocenters. The molecule has 2 saturated carbocycles. The molecule has 0 spiro atoms. The van der Waals surface area contributed by atoms with E-state index in [0.717, 1.165) is 37.7 Å². The van der Waals surface area contributed by atoms with Crippen molar-refractivity contribution >= 4 is 29.9 Å². The van der Waals surface area contributed by atoms with E-state index < -0.39 is 5.82 Å². The Balaban J connectivity index is 0.00000210. The Morgan fingerprint density at radius 3 is 2.59 bits per heavy atom. The van der Waals surface area contributed by atoms with Gasteiger partial charge in [0.25, 0.3) is 0 Å². The average Bonchev–Trinajstić information content (AvgIpc) is 3.05. The summed E-state index contributed by atoms with van der Waals surface area (Å²) in [4.78, 5) is 12.9. The van der Waals surface area contributed by atoms with Gasteiger partial charge < -0.3 is 15.8 Å². The van der Waals surface area contributed by atoms with Gasteiger partial charge in [-0.3, -0.25) is 4.79 Å². The summed E-state index contributed by atoms with van der Waals surface area (Å²) in [7, 11) is 0. The standard InChI is InChI=1S/C20H26ClFN2O2.ClH/c21-15-5-4-13(10-16(15)22)19-17(6-7-26-19)24-20(25)14-8-11-2-1-3-12(9-14)18(11)23;/h4-5,10-12,14,17-19H,1-3,6-9,23H2,(H,24,25);1H. The first-order valence-corrected chi connectivity index (χ1v) is 10.0. The van der Waals surface area contributed by atoms with E-state index in [1.807, 2.05) is 0 Å². The van der Waals surface area contributed by atoms with E-state index >= 15 is 0 Å². The third-order valence-electron chi connectivity index (χ3n) is 6.48. The molecule has 2 aliphatic carbocycles. The second-order valence-electron chi connectivity index (χ2n) is 8.07. The van der Waals surface area contributed by atoms with Gasteiger partial charge in [0.1, 0.15) is 11.9 Å². The predicted octanol–water partition coefficient (Wildman–Crippen LogP) is 4.00. The molecule has 1 amide bonds. The number of fused-ring (bicyclic) bond motifs is 2. The van der Waals surface area contributed by atoms with Gasteiger partial charge in [0.2, 0.25) is 5.91 Å². The zero-order valence-electron chi connectivity index (χ0n) is 15.2. The largest absolute Gasteiger partial charge is 0.371 e. The smallest absolute Gasteiger partial charge is 0.223 e. The molecule has 1 saturated heterocycles. The summed E-state index contributed by atoms with van der Waals surface area (Å²) in [5.74, 6) is 0.620. The number of hydrogen-bond donors (Lipinski definition) is 2. The van der Waals surface area contributed by atoms with Gasteiger partial charge in [-0.15, -0.1) is 12.4 Å². The highest BCUT2D eigenvalue weighted by Crippen LogP contribution is 2.42. The molecule has 0 radical (unpaired) electrons. The van der Waals surface area contributed by atoms with E-state index in [9.17, 15) is 9.18 Å². The molecule has 150 valence electrons. The lowest BCUT2D eigenvalue weighted by atomic mass is 9.65. The van der Waals surface area contributed by atoms with E-state index in [-0.39, 0.29) is 47.4 Å². The van der Waals surface area contributed by atoms with Gasteiger partial charge in [0, 0.05) is 18.6 Å². The van der Waals surface area contributed by atoms with Gasteiger partial charge in [-0.25, -0.2) is 4.39 Å². The number of hydrogen-bond acceptors (Lipinski definition) is 3. The van der Waals surface area contributed by atoms with Gasteiger partial charge >= 0.3 is 0 Å². The second kappa shape index (κ2) is 8.64. The van der Waals surface area contributed by atoms with Crippen LogP contribution in [0.5, 0.6) is 0 Å². The molecule has 1 aromatic rings. The van der Waals surface area contributed by atoms with Gasteiger partial charge in [-0.2, -0.15) is 0 Å². The maximum absolute atomic E-state index is 13.8. The van der Waals surface area contributed by atoms with Crippen molar-refractivity contribution in [3.63, 3.8) is 0 Å². The Labute approximate surface area is 170 Å². The molecule has 2 bridgehead atoms. The van der Waals surface area contributed by atoms with E-state index in [2.05, 4.69) is 5.32 Å². The van der Waals surface area contributed by atoms with Crippen molar-refractivity contribution in [3.8, 4) is 0 Å². The number of nitrogens with two attached hydrogens (primary N) is 1. The van der Waals surface area contributed by atoms with Crippen LogP contribution in [0, 0.1) is 23.6 Å². The summed E-state index contributed by atoms with van der Waals surface area (Å²) < 4.78 is 19.6. The van der Waals surface area contributed by atoms with Crippen LogP contribution in [0.15, 0.2) is 18.2 Å². The maximum atomic E-state index is 13.8. The van der Waals surface area contributed by atoms with Crippen LogP contribution in [0.3, 0.4) is 0 Å². The van der Waals surface area contributed by atoms with E-state index in [1.165, 1.54) is 18.6 Å². The molecule has 27 heavy (non-hydrogen) atoms. The van der Waals surface area contributed by atoms with Crippen molar-refractivity contribution in [2.24, 2.45) is 23.5 Å². The minimum absolute atomic E-state index is 0. The molecule has 1 aliphatic heterocycles. The summed E-state index contributed by atoms with van der Waals surface area (Å²) in [5.41, 5.74) is 7.06. The molecule has 0 aromatic heterocycles. The number of carbonyl (C=O) groups excluding carboxylic acids is 1. The summed E-state index contributed by atoms with van der Waals surface area (Å²) in [6, 6.07) is 4.84. The fourth-order valence-electron chi connectivity index (χ4n) is 5.06. The molecule has 3 N–H and O–H groups in total. The summed E-state index contributed by atoms with van der Waals surface area (Å²) in [5, 5.41) is 3.27. The van der Waals surface area contributed by atoms with Crippen LogP contribution in [0.2, 0.25) is 5.02 Å². The van der Waals surface area contributed by atoms with Gasteiger partial charge in [0.05, 0.1) is 11.1 Å². The van der Waals surface area contributed by atoms with Crippen molar-refractivity contribution in [1.29, 1.82) is 0 Å². The number of halogens is 3. The summed E-state index contributed by atoms with van der Waals surface area (Å²) in [6.45, 7) is 0.556. The van der Waals surface area contributed by atoms with Crippen LogP contribution in [0.1, 0.15) is 50.2 Å². The first-order chi connectivity index (χ1) is 12.5. The predicted molar refractivity (Wildman–Crippen MR) is 105 cm³/mol. The number of benzene rings is 1. The van der Waals surface area contributed by atoms with Crippen LogP contribution in [0.25, 0.3) is 0 Å². The molecule has 3 fully saturated rings. The highest BCUT2D eigenvalue weighted by atomic mass is 35.5. The van der Waals surface area contributed by atoms with Crippen molar-refractivity contribution in [2.75, 3.05) is 6.61 Å². The van der Waals surface area contributed by atoms with Crippen LogP contribution in [-0.4, -0.2) is 24.6 Å². The lowest BCUT2D eigenvalue weighted by Crippen LogP contribution is -2.50. The minimum Gasteiger partial charge on any atom is -0.371 e. The number of rotatable bonds is 3. The number of carbonyl (C=O) groups is 1. The minimum atomic E-state index is -0.459. The number of ether oxygens (including phenoxy) is 1. The Kier molecular flexibility index (Phi) is 6.67. The fourth-order valence-corrected chi connectivity index (χ4v) is 5.18. The van der Waals surface area contributed by atoms with Crippen LogP contribution >= 0.6 is 24.0 Å². The lowest BCUT2D eigenvalue weighted by Gasteiger charge is -2.43. The number of nitrogens with one attached hydrogen (secondary N) is 1. The van der Waals surface area contributed by atoms with Crippen LogP contribution in [-0.2, 0) is 9.53 Å². The molecule has 4 rings (SSSR count). The molecular weight excluding hydrogens is 390 g/mol. The first kappa shape index (κ1) is 20.8. The van der Waals surface area contributed by atoms with Crippen LogP contribution < -0.4 is 11.1 Å². The zero-order chi connectivity index (χ0) is 18.3. The van der Waals surface area contributed by atoms with Crippen molar-refractivity contribution in [1.82, 2.24) is 5.32 Å². The van der Waals surface area contributed by atoms with Crippen LogP contribution in [0.4, 0.5) is 4.39 Å². The molecule has 4 nitrogen and oxygen atoms in total. The zero-order valence-corrected chi connectivity index (χ0v) is 16.8. The van der Waals surface area contributed by atoms with Crippen molar-refractivity contribution in [2.45, 2.75) is 56.7 Å². The van der Waals surface area contributed by atoms with E-state index in [4.69, 9.17) is 22.1 Å². The Bertz CT molecular complexity index is 676. The maximum Gasteiger partial charge on any atom is 0.223 e. The Morgan fingerprint density at radius 1 is 1.22 bits per heavy atom. The quantitative estimate of drug-likeness (QED) is 0.782. The van der Waals surface area contributed by atoms with Crippen molar-refractivity contribution in [3.05, 3.63) is 34.6 Å². The Morgan fingerprint density at radius 2 is 1.93 bits per heavy atom. The molecular formula is C20H27Cl2FN2O2. The van der Waals surface area contributed by atoms with E-state index in [0.29, 0.717) is 18.4 Å². The van der Waals surface area contributed by atoms with Crippen molar-refractivity contribution < 1.29 is 13.9 Å². The average molecular weight is 417 g/mol. The summed E-state index contributed by atoms with van der Waals surface area (Å²) >= 11 is 5.77. The molecule has 7 heteroatoms. The third kappa shape index (κ3) is 4.26. The SMILES string of the molecule is Cl.NC1C2CCCC1CC(C(=O)NC1CCOC1c1ccc(Cl)c(F)c1)C2. The monoisotopic (exact) mass is 416 g/mol. The van der Waals surface area contributed by atoms with Gasteiger partial charge in [0.15, 0.2) is 0 Å². The highest BCUT2D eigenvalue weighted by Gasteiger charge is 2.41.